The Morgan fingerprint density at radius 3 is 2.43 bits per heavy atom. The summed E-state index contributed by atoms with van der Waals surface area (Å²) >= 11 is 8.88. The van der Waals surface area contributed by atoms with Crippen LogP contribution in [0.2, 0.25) is 5.02 Å². The van der Waals surface area contributed by atoms with Crippen LogP contribution in [0.15, 0.2) is 46.9 Å². The van der Waals surface area contributed by atoms with Gasteiger partial charge in [0, 0.05) is 10.7 Å². The van der Waals surface area contributed by atoms with Gasteiger partial charge in [0.05, 0.1) is 4.47 Å². The molecular formula is C15H12BrClFNO2. The topological polar surface area (TPSA) is 49.3 Å². The Bertz CT molecular complexity index is 678. The molecule has 0 aromatic heterocycles. The third-order valence-corrected chi connectivity index (χ3v) is 4.02. The Labute approximate surface area is 134 Å². The smallest absolute Gasteiger partial charge is 0.333 e. The Morgan fingerprint density at radius 1 is 1.29 bits per heavy atom. The number of aliphatic carboxylic acids is 1. The Morgan fingerprint density at radius 2 is 1.90 bits per heavy atom. The molecule has 0 radical (unpaired) electrons. The molecule has 2 rings (SSSR count). The molecule has 21 heavy (non-hydrogen) atoms. The standard InChI is InChI=1S/C15H12BrClFNO2/c1-15(14(20)21,9-2-7-13(18)12(16)8-9)19-11-5-3-10(17)4-6-11/h2-8,19H,1H3,(H,20,21). The van der Waals surface area contributed by atoms with E-state index < -0.39 is 17.3 Å². The molecule has 2 N–H and O–H groups in total. The molecule has 0 saturated heterocycles. The van der Waals surface area contributed by atoms with E-state index in [1.807, 2.05) is 0 Å². The van der Waals surface area contributed by atoms with E-state index in [2.05, 4.69) is 21.2 Å². The van der Waals surface area contributed by atoms with Crippen molar-refractivity contribution in [3.63, 3.8) is 0 Å². The Hall–Kier alpha value is -1.59. The molecule has 3 nitrogen and oxygen atoms in total. The van der Waals surface area contributed by atoms with Crippen LogP contribution < -0.4 is 5.32 Å². The van der Waals surface area contributed by atoms with E-state index in [9.17, 15) is 14.3 Å². The third-order valence-electron chi connectivity index (χ3n) is 3.16. The van der Waals surface area contributed by atoms with Crippen LogP contribution in [0.3, 0.4) is 0 Å². The summed E-state index contributed by atoms with van der Waals surface area (Å²) in [7, 11) is 0. The number of nitrogens with one attached hydrogen (secondary N) is 1. The number of anilines is 1. The fraction of sp³-hybridized carbons (Fsp3) is 0.133. The number of carboxylic acid groups (broad SMARTS) is 1. The molecule has 0 aliphatic rings. The first-order chi connectivity index (χ1) is 9.83. The molecule has 0 spiro atoms. The molecular weight excluding hydrogens is 361 g/mol. The predicted molar refractivity (Wildman–Crippen MR) is 84.2 cm³/mol. The van der Waals surface area contributed by atoms with E-state index in [1.165, 1.54) is 25.1 Å². The highest BCUT2D eigenvalue weighted by molar-refractivity contribution is 9.10. The largest absolute Gasteiger partial charge is 0.479 e. The average Bonchev–Trinajstić information content (AvgIpc) is 2.44. The number of rotatable bonds is 4. The second-order valence-electron chi connectivity index (χ2n) is 4.69. The van der Waals surface area contributed by atoms with Crippen LogP contribution in [-0.2, 0) is 10.3 Å². The summed E-state index contributed by atoms with van der Waals surface area (Å²) in [6, 6.07) is 10.8. The minimum absolute atomic E-state index is 0.213. The van der Waals surface area contributed by atoms with E-state index in [-0.39, 0.29) is 4.47 Å². The highest BCUT2D eigenvalue weighted by atomic mass is 79.9. The maximum absolute atomic E-state index is 13.3. The van der Waals surface area contributed by atoms with Crippen LogP contribution in [0.5, 0.6) is 0 Å². The van der Waals surface area contributed by atoms with Crippen molar-refractivity contribution in [1.29, 1.82) is 0 Å². The van der Waals surface area contributed by atoms with Crippen molar-refractivity contribution in [3.8, 4) is 0 Å². The second-order valence-corrected chi connectivity index (χ2v) is 5.98. The van der Waals surface area contributed by atoms with Crippen LogP contribution in [0.25, 0.3) is 0 Å². The van der Waals surface area contributed by atoms with Crippen LogP contribution in [0.4, 0.5) is 10.1 Å². The first-order valence-electron chi connectivity index (χ1n) is 6.05. The molecule has 1 unspecified atom stereocenters. The predicted octanol–water partition coefficient (Wildman–Crippen LogP) is 4.65. The van der Waals surface area contributed by atoms with Gasteiger partial charge in [0.1, 0.15) is 5.82 Å². The minimum atomic E-state index is -1.40. The molecule has 2 aromatic rings. The molecule has 0 aliphatic carbocycles. The molecule has 0 fully saturated rings. The number of hydrogen-bond donors (Lipinski definition) is 2. The van der Waals surface area contributed by atoms with E-state index in [4.69, 9.17) is 11.6 Å². The first kappa shape index (κ1) is 15.8. The molecule has 0 heterocycles. The summed E-state index contributed by atoms with van der Waals surface area (Å²) in [6.45, 7) is 1.52. The van der Waals surface area contributed by atoms with Crippen LogP contribution in [-0.4, -0.2) is 11.1 Å². The molecule has 0 amide bonds. The van der Waals surface area contributed by atoms with Crippen LogP contribution >= 0.6 is 27.5 Å². The van der Waals surface area contributed by atoms with Crippen molar-refractivity contribution in [3.05, 3.63) is 63.3 Å². The summed E-state index contributed by atoms with van der Waals surface area (Å²) in [6.07, 6.45) is 0. The fourth-order valence-electron chi connectivity index (χ4n) is 1.88. The third kappa shape index (κ3) is 3.36. The van der Waals surface area contributed by atoms with E-state index >= 15 is 0 Å². The van der Waals surface area contributed by atoms with Gasteiger partial charge in [0.15, 0.2) is 5.54 Å². The van der Waals surface area contributed by atoms with Gasteiger partial charge >= 0.3 is 5.97 Å². The highest BCUT2D eigenvalue weighted by Gasteiger charge is 2.35. The molecule has 0 aliphatic heterocycles. The van der Waals surface area contributed by atoms with E-state index in [0.717, 1.165) is 0 Å². The summed E-state index contributed by atoms with van der Waals surface area (Å²) < 4.78 is 13.5. The molecule has 1 atom stereocenters. The number of carboxylic acids is 1. The molecule has 6 heteroatoms. The number of hydrogen-bond acceptors (Lipinski definition) is 2. The van der Waals surface area contributed by atoms with Gasteiger partial charge < -0.3 is 10.4 Å². The van der Waals surface area contributed by atoms with Gasteiger partial charge in [-0.3, -0.25) is 0 Å². The lowest BCUT2D eigenvalue weighted by atomic mass is 9.91. The molecule has 0 saturated carbocycles. The monoisotopic (exact) mass is 371 g/mol. The van der Waals surface area contributed by atoms with Gasteiger partial charge in [0.2, 0.25) is 0 Å². The number of halogens is 3. The molecule has 110 valence electrons. The van der Waals surface area contributed by atoms with Crippen molar-refractivity contribution < 1.29 is 14.3 Å². The maximum atomic E-state index is 13.3. The van der Waals surface area contributed by atoms with Gasteiger partial charge in [-0.15, -0.1) is 0 Å². The lowest BCUT2D eigenvalue weighted by Gasteiger charge is -2.28. The normalized spacial score (nSPS) is 13.5. The van der Waals surface area contributed by atoms with Crippen molar-refractivity contribution >= 4 is 39.2 Å². The quantitative estimate of drug-likeness (QED) is 0.821. The van der Waals surface area contributed by atoms with Crippen LogP contribution in [0.1, 0.15) is 12.5 Å². The maximum Gasteiger partial charge on any atom is 0.333 e. The van der Waals surface area contributed by atoms with Crippen molar-refractivity contribution in [2.24, 2.45) is 0 Å². The molecule has 2 aromatic carbocycles. The van der Waals surface area contributed by atoms with Gasteiger partial charge in [-0.25, -0.2) is 9.18 Å². The summed E-state index contributed by atoms with van der Waals surface area (Å²) in [5.41, 5.74) is -0.368. The van der Waals surface area contributed by atoms with Gasteiger partial charge in [-0.05, 0) is 64.8 Å². The average molecular weight is 373 g/mol. The van der Waals surface area contributed by atoms with E-state index in [1.54, 1.807) is 24.3 Å². The number of benzene rings is 2. The summed E-state index contributed by atoms with van der Waals surface area (Å²) in [5, 5.41) is 13.1. The van der Waals surface area contributed by atoms with Crippen molar-refractivity contribution in [2.45, 2.75) is 12.5 Å². The Kier molecular flexibility index (Phi) is 4.54. The van der Waals surface area contributed by atoms with Crippen molar-refractivity contribution in [2.75, 3.05) is 5.32 Å². The minimum Gasteiger partial charge on any atom is -0.479 e. The van der Waals surface area contributed by atoms with Gasteiger partial charge in [-0.1, -0.05) is 17.7 Å². The second kappa shape index (κ2) is 6.03. The van der Waals surface area contributed by atoms with Gasteiger partial charge in [0.25, 0.3) is 0 Å². The first-order valence-corrected chi connectivity index (χ1v) is 7.23. The number of carbonyl (C=O) groups is 1. The lowest BCUT2D eigenvalue weighted by molar-refractivity contribution is -0.142. The van der Waals surface area contributed by atoms with Crippen LogP contribution in [0, 0.1) is 5.82 Å². The Balaban J connectivity index is 2.42. The zero-order chi connectivity index (χ0) is 15.6. The lowest BCUT2D eigenvalue weighted by Crippen LogP contribution is -2.40. The SMILES string of the molecule is CC(Nc1ccc(Cl)cc1)(C(=O)O)c1ccc(F)c(Br)c1. The van der Waals surface area contributed by atoms with E-state index in [0.29, 0.717) is 16.3 Å². The summed E-state index contributed by atoms with van der Waals surface area (Å²) in [5.74, 6) is -1.52. The molecule has 0 bridgehead atoms. The van der Waals surface area contributed by atoms with Gasteiger partial charge in [-0.2, -0.15) is 0 Å². The zero-order valence-corrected chi connectivity index (χ0v) is 13.4. The highest BCUT2D eigenvalue weighted by Crippen LogP contribution is 2.30. The zero-order valence-electron chi connectivity index (χ0n) is 11.0. The van der Waals surface area contributed by atoms with Crippen molar-refractivity contribution in [1.82, 2.24) is 0 Å². The summed E-state index contributed by atoms with van der Waals surface area (Å²) in [4.78, 5) is 11.7. The fourth-order valence-corrected chi connectivity index (χ4v) is 2.38.